The minimum absolute atomic E-state index is 0.0852. The van der Waals surface area contributed by atoms with Crippen LogP contribution >= 0.6 is 0 Å². The summed E-state index contributed by atoms with van der Waals surface area (Å²) in [4.78, 5) is 33.1. The third kappa shape index (κ3) is 4.09. The highest BCUT2D eigenvalue weighted by molar-refractivity contribution is 5.81. The van der Waals surface area contributed by atoms with Gasteiger partial charge in [0.15, 0.2) is 0 Å². The summed E-state index contributed by atoms with van der Waals surface area (Å²) in [7, 11) is 1.64. The van der Waals surface area contributed by atoms with Crippen LogP contribution in [0, 0.1) is 0 Å². The standard InChI is InChI=1S/C20H22F2N6O2/c1-25-19(29)14(4-5-24-25)11-26-6-8-27(9-7-26)15-2-3-16-17(10-15)23-13-28(20(16)30)12-18(21)22/h2-5,10,13,18H,6-9,11-12H2,1H3. The first-order valence-electron chi connectivity index (χ1n) is 9.68. The Morgan fingerprint density at radius 2 is 1.83 bits per heavy atom. The molecule has 0 aliphatic carbocycles. The number of fused-ring (bicyclic) bond motifs is 1. The highest BCUT2D eigenvalue weighted by Crippen LogP contribution is 2.21. The number of hydrogen-bond donors (Lipinski definition) is 0. The van der Waals surface area contributed by atoms with Gasteiger partial charge in [-0.1, -0.05) is 0 Å². The zero-order valence-corrected chi connectivity index (χ0v) is 16.5. The maximum Gasteiger partial charge on any atom is 0.270 e. The molecule has 0 atom stereocenters. The number of hydrogen-bond acceptors (Lipinski definition) is 6. The van der Waals surface area contributed by atoms with Crippen molar-refractivity contribution in [2.45, 2.75) is 19.5 Å². The molecule has 0 saturated carbocycles. The van der Waals surface area contributed by atoms with Crippen LogP contribution in [0.25, 0.3) is 10.9 Å². The van der Waals surface area contributed by atoms with E-state index in [9.17, 15) is 18.4 Å². The highest BCUT2D eigenvalue weighted by atomic mass is 19.3. The maximum atomic E-state index is 12.6. The molecule has 0 spiro atoms. The lowest BCUT2D eigenvalue weighted by Gasteiger charge is -2.36. The van der Waals surface area contributed by atoms with Crippen molar-refractivity contribution in [3.05, 3.63) is 63.1 Å². The Balaban J connectivity index is 1.46. The Kier molecular flexibility index (Phi) is 5.58. The van der Waals surface area contributed by atoms with Gasteiger partial charge >= 0.3 is 0 Å². The molecule has 3 heterocycles. The number of aromatic nitrogens is 4. The molecular formula is C20H22F2N6O2. The van der Waals surface area contributed by atoms with E-state index in [2.05, 4.69) is 19.9 Å². The Morgan fingerprint density at radius 1 is 1.07 bits per heavy atom. The van der Waals surface area contributed by atoms with Crippen LogP contribution in [-0.4, -0.2) is 56.8 Å². The second kappa shape index (κ2) is 8.31. The monoisotopic (exact) mass is 416 g/mol. The van der Waals surface area contributed by atoms with Crippen LogP contribution in [0.3, 0.4) is 0 Å². The zero-order chi connectivity index (χ0) is 21.3. The molecule has 0 N–H and O–H groups in total. The maximum absolute atomic E-state index is 12.6. The van der Waals surface area contributed by atoms with Crippen LogP contribution in [0.2, 0.25) is 0 Å². The van der Waals surface area contributed by atoms with Crippen LogP contribution in [0.5, 0.6) is 0 Å². The molecule has 1 aliphatic heterocycles. The second-order valence-electron chi connectivity index (χ2n) is 7.34. The van der Waals surface area contributed by atoms with Crippen molar-refractivity contribution in [1.82, 2.24) is 24.2 Å². The minimum Gasteiger partial charge on any atom is -0.369 e. The van der Waals surface area contributed by atoms with Gasteiger partial charge in [0.2, 0.25) is 0 Å². The molecule has 0 amide bonds. The predicted octanol–water partition coefficient (Wildman–Crippen LogP) is 1.08. The number of piperazine rings is 1. The lowest BCUT2D eigenvalue weighted by molar-refractivity contribution is 0.125. The van der Waals surface area contributed by atoms with Gasteiger partial charge in [-0.25, -0.2) is 18.4 Å². The molecule has 1 aliphatic rings. The predicted molar refractivity (Wildman–Crippen MR) is 109 cm³/mol. The van der Waals surface area contributed by atoms with Crippen LogP contribution < -0.4 is 16.0 Å². The Hall–Kier alpha value is -3.14. The number of rotatable bonds is 5. The van der Waals surface area contributed by atoms with Crippen LogP contribution in [0.15, 0.2) is 46.4 Å². The van der Waals surface area contributed by atoms with Gasteiger partial charge in [-0.3, -0.25) is 19.1 Å². The van der Waals surface area contributed by atoms with E-state index in [0.29, 0.717) is 17.4 Å². The number of nitrogens with zero attached hydrogens (tertiary/aromatic N) is 6. The van der Waals surface area contributed by atoms with Crippen molar-refractivity contribution in [3.63, 3.8) is 0 Å². The molecule has 1 fully saturated rings. The van der Waals surface area contributed by atoms with E-state index in [1.165, 1.54) is 11.0 Å². The average molecular weight is 416 g/mol. The van der Waals surface area contributed by atoms with E-state index in [-0.39, 0.29) is 5.56 Å². The molecule has 0 radical (unpaired) electrons. The third-order valence-electron chi connectivity index (χ3n) is 5.36. The van der Waals surface area contributed by atoms with E-state index in [4.69, 9.17) is 0 Å². The Labute approximate surface area is 171 Å². The van der Waals surface area contributed by atoms with Crippen LogP contribution in [-0.2, 0) is 20.1 Å². The molecule has 158 valence electrons. The van der Waals surface area contributed by atoms with Gasteiger partial charge in [0.1, 0.15) is 0 Å². The van der Waals surface area contributed by atoms with Crippen LogP contribution in [0.4, 0.5) is 14.5 Å². The lowest BCUT2D eigenvalue weighted by atomic mass is 10.2. The topological polar surface area (TPSA) is 76.3 Å². The zero-order valence-electron chi connectivity index (χ0n) is 16.5. The molecular weight excluding hydrogens is 394 g/mol. The van der Waals surface area contributed by atoms with Crippen molar-refractivity contribution >= 4 is 16.6 Å². The molecule has 4 rings (SSSR count). The van der Waals surface area contributed by atoms with E-state index >= 15 is 0 Å². The van der Waals surface area contributed by atoms with Crippen molar-refractivity contribution < 1.29 is 8.78 Å². The molecule has 2 aromatic heterocycles. The summed E-state index contributed by atoms with van der Waals surface area (Å²) in [6, 6.07) is 7.05. The first-order chi connectivity index (χ1) is 14.4. The van der Waals surface area contributed by atoms with Crippen molar-refractivity contribution in [1.29, 1.82) is 0 Å². The fourth-order valence-corrected chi connectivity index (χ4v) is 3.70. The van der Waals surface area contributed by atoms with E-state index in [1.54, 1.807) is 25.4 Å². The Morgan fingerprint density at radius 3 is 2.57 bits per heavy atom. The number of benzene rings is 1. The molecule has 3 aromatic rings. The molecule has 0 bridgehead atoms. The fraction of sp³-hybridized carbons (Fsp3) is 0.400. The van der Waals surface area contributed by atoms with Gasteiger partial charge in [-0.15, -0.1) is 0 Å². The number of aryl methyl sites for hydroxylation is 1. The molecule has 1 saturated heterocycles. The molecule has 30 heavy (non-hydrogen) atoms. The quantitative estimate of drug-likeness (QED) is 0.620. The fourth-order valence-electron chi connectivity index (χ4n) is 3.70. The van der Waals surface area contributed by atoms with Crippen LogP contribution in [0.1, 0.15) is 5.56 Å². The average Bonchev–Trinajstić information content (AvgIpc) is 2.73. The summed E-state index contributed by atoms with van der Waals surface area (Å²) >= 11 is 0. The summed E-state index contributed by atoms with van der Waals surface area (Å²) in [6.07, 6.45) is 0.197. The summed E-state index contributed by atoms with van der Waals surface area (Å²) < 4.78 is 27.5. The third-order valence-corrected chi connectivity index (χ3v) is 5.36. The van der Waals surface area contributed by atoms with Crippen molar-refractivity contribution in [2.24, 2.45) is 7.05 Å². The molecule has 10 heteroatoms. The molecule has 1 aromatic carbocycles. The summed E-state index contributed by atoms with van der Waals surface area (Å²) in [5.74, 6) is 0. The summed E-state index contributed by atoms with van der Waals surface area (Å²) in [6.45, 7) is 3.01. The normalized spacial score (nSPS) is 15.3. The highest BCUT2D eigenvalue weighted by Gasteiger charge is 2.19. The first-order valence-corrected chi connectivity index (χ1v) is 9.68. The van der Waals surface area contributed by atoms with E-state index in [1.807, 2.05) is 12.1 Å². The number of alkyl halides is 2. The minimum atomic E-state index is -2.61. The SMILES string of the molecule is Cn1nccc(CN2CCN(c3ccc4c(=O)n(CC(F)F)cnc4c3)CC2)c1=O. The molecule has 0 unspecified atom stereocenters. The lowest BCUT2D eigenvalue weighted by Crippen LogP contribution is -2.46. The van der Waals surface area contributed by atoms with Crippen molar-refractivity contribution in [3.8, 4) is 0 Å². The van der Waals surface area contributed by atoms with Gasteiger partial charge in [0.25, 0.3) is 17.5 Å². The molecule has 8 nitrogen and oxygen atoms in total. The smallest absolute Gasteiger partial charge is 0.270 e. The van der Waals surface area contributed by atoms with Gasteiger partial charge in [-0.2, -0.15) is 5.10 Å². The van der Waals surface area contributed by atoms with Gasteiger partial charge in [-0.05, 0) is 24.3 Å². The van der Waals surface area contributed by atoms with E-state index in [0.717, 1.165) is 42.0 Å². The van der Waals surface area contributed by atoms with Gasteiger partial charge in [0.05, 0.1) is 23.8 Å². The van der Waals surface area contributed by atoms with Gasteiger partial charge in [0, 0.05) is 57.2 Å². The number of anilines is 1. The summed E-state index contributed by atoms with van der Waals surface area (Å²) in [5.41, 5.74) is 1.59. The number of halogens is 2. The van der Waals surface area contributed by atoms with Crippen molar-refractivity contribution in [2.75, 3.05) is 31.1 Å². The Bertz CT molecular complexity index is 1170. The largest absolute Gasteiger partial charge is 0.369 e. The second-order valence-corrected chi connectivity index (χ2v) is 7.34. The van der Waals surface area contributed by atoms with Gasteiger partial charge < -0.3 is 4.90 Å². The van der Waals surface area contributed by atoms with E-state index < -0.39 is 18.5 Å². The summed E-state index contributed by atoms with van der Waals surface area (Å²) in [5, 5.41) is 4.27. The first kappa shape index (κ1) is 20.1.